The maximum atomic E-state index is 8.86. The minimum absolute atomic E-state index is 0.150. The van der Waals surface area contributed by atoms with Gasteiger partial charge in [-0.05, 0) is 25.3 Å². The Morgan fingerprint density at radius 2 is 2.00 bits per heavy atom. The van der Waals surface area contributed by atoms with Crippen LogP contribution in [0.2, 0.25) is 0 Å². The van der Waals surface area contributed by atoms with Gasteiger partial charge in [0.2, 0.25) is 5.82 Å². The lowest BCUT2D eigenvalue weighted by Crippen LogP contribution is -2.28. The highest BCUT2D eigenvalue weighted by molar-refractivity contribution is 5.27. The van der Waals surface area contributed by atoms with Crippen molar-refractivity contribution in [1.29, 1.82) is 5.26 Å². The molecule has 1 aliphatic carbocycles. The van der Waals surface area contributed by atoms with E-state index in [0.717, 1.165) is 11.3 Å². The molecule has 3 heteroatoms. The molecular weight excluding hydrogens is 198 g/mol. The van der Waals surface area contributed by atoms with E-state index in [-0.39, 0.29) is 5.41 Å². The largest absolute Gasteiger partial charge is 0.232 e. The van der Waals surface area contributed by atoms with E-state index in [2.05, 4.69) is 16.9 Å². The fourth-order valence-corrected chi connectivity index (χ4v) is 2.68. The molecule has 1 heterocycles. The fourth-order valence-electron chi connectivity index (χ4n) is 2.68. The molecule has 0 saturated heterocycles. The van der Waals surface area contributed by atoms with Gasteiger partial charge in [0.1, 0.15) is 6.07 Å². The lowest BCUT2D eigenvalue weighted by atomic mass is 9.72. The van der Waals surface area contributed by atoms with Gasteiger partial charge in [-0.15, -0.1) is 0 Å². The highest BCUT2D eigenvalue weighted by Gasteiger charge is 2.31. The minimum Gasteiger partial charge on any atom is -0.227 e. The van der Waals surface area contributed by atoms with Crippen LogP contribution >= 0.6 is 0 Å². The first-order valence-electron chi connectivity index (χ1n) is 5.90. The van der Waals surface area contributed by atoms with Crippen molar-refractivity contribution in [3.8, 4) is 6.07 Å². The normalized spacial score (nSPS) is 19.1. The Hall–Kier alpha value is -1.43. The van der Waals surface area contributed by atoms with Gasteiger partial charge in [0.25, 0.3) is 0 Å². The fraction of sp³-hybridized carbons (Fsp3) is 0.615. The molecule has 3 nitrogen and oxygen atoms in total. The molecule has 0 N–H and O–H groups in total. The lowest BCUT2D eigenvalue weighted by Gasteiger charge is -2.33. The molecule has 2 rings (SSSR count). The highest BCUT2D eigenvalue weighted by Crippen LogP contribution is 2.39. The topological polar surface area (TPSA) is 49.6 Å². The Bertz CT molecular complexity index is 425. The summed E-state index contributed by atoms with van der Waals surface area (Å²) >= 11 is 0. The second kappa shape index (κ2) is 4.21. The van der Waals surface area contributed by atoms with Crippen LogP contribution in [0.25, 0.3) is 0 Å². The van der Waals surface area contributed by atoms with Crippen LogP contribution in [0.1, 0.15) is 56.1 Å². The molecule has 0 bridgehead atoms. The zero-order chi connectivity index (χ0) is 11.6. The first-order chi connectivity index (χ1) is 7.65. The molecule has 0 aromatic carbocycles. The van der Waals surface area contributed by atoms with E-state index in [1.165, 1.54) is 32.1 Å². The molecule has 1 aliphatic rings. The van der Waals surface area contributed by atoms with E-state index in [1.807, 2.05) is 13.0 Å². The molecule has 84 valence electrons. The maximum Gasteiger partial charge on any atom is 0.232 e. The predicted molar refractivity (Wildman–Crippen MR) is 61.9 cm³/mol. The first-order valence-corrected chi connectivity index (χ1v) is 5.90. The predicted octanol–water partition coefficient (Wildman–Crippen LogP) is 2.88. The van der Waals surface area contributed by atoms with Gasteiger partial charge < -0.3 is 0 Å². The zero-order valence-electron chi connectivity index (χ0n) is 9.95. The highest BCUT2D eigenvalue weighted by atomic mass is 14.9. The average molecular weight is 215 g/mol. The second-order valence-electron chi connectivity index (χ2n) is 4.96. The summed E-state index contributed by atoms with van der Waals surface area (Å²) in [5.41, 5.74) is 2.35. The number of aryl methyl sites for hydroxylation is 1. The van der Waals surface area contributed by atoms with Crippen molar-refractivity contribution in [2.45, 2.75) is 51.4 Å². The molecule has 0 radical (unpaired) electrons. The number of nitrogens with zero attached hydrogens (tertiary/aromatic N) is 3. The third kappa shape index (κ3) is 1.92. The molecule has 0 atom stereocenters. The van der Waals surface area contributed by atoms with Crippen LogP contribution in [0.3, 0.4) is 0 Å². The monoisotopic (exact) mass is 215 g/mol. The molecule has 1 saturated carbocycles. The van der Waals surface area contributed by atoms with Crippen LogP contribution in [-0.2, 0) is 5.41 Å². The van der Waals surface area contributed by atoms with E-state index in [4.69, 9.17) is 5.26 Å². The summed E-state index contributed by atoms with van der Waals surface area (Å²) in [5.74, 6) is 0.299. The third-order valence-corrected chi connectivity index (χ3v) is 3.60. The minimum atomic E-state index is 0.150. The van der Waals surface area contributed by atoms with Gasteiger partial charge in [-0.3, -0.25) is 0 Å². The number of hydrogen-bond donors (Lipinski definition) is 0. The van der Waals surface area contributed by atoms with Crippen molar-refractivity contribution >= 4 is 0 Å². The van der Waals surface area contributed by atoms with Crippen LogP contribution in [0.5, 0.6) is 0 Å². The van der Waals surface area contributed by atoms with Gasteiger partial charge >= 0.3 is 0 Å². The average Bonchev–Trinajstić information content (AvgIpc) is 2.30. The Labute approximate surface area is 96.5 Å². The lowest BCUT2D eigenvalue weighted by molar-refractivity contribution is 0.310. The Kier molecular flexibility index (Phi) is 2.91. The van der Waals surface area contributed by atoms with Gasteiger partial charge in [-0.25, -0.2) is 9.97 Å². The quantitative estimate of drug-likeness (QED) is 0.723. The summed E-state index contributed by atoms with van der Waals surface area (Å²) < 4.78 is 0. The molecule has 0 aliphatic heterocycles. The summed E-state index contributed by atoms with van der Waals surface area (Å²) in [6.45, 7) is 4.30. The molecule has 0 spiro atoms. The molecule has 1 aromatic heterocycles. The number of aromatic nitrogens is 2. The van der Waals surface area contributed by atoms with Gasteiger partial charge in [0.15, 0.2) is 0 Å². The molecule has 1 aromatic rings. The number of hydrogen-bond acceptors (Lipinski definition) is 3. The Balaban J connectivity index is 2.41. The van der Waals surface area contributed by atoms with E-state index in [0.29, 0.717) is 5.82 Å². The second-order valence-corrected chi connectivity index (χ2v) is 4.96. The summed E-state index contributed by atoms with van der Waals surface area (Å²) in [6.07, 6.45) is 7.99. The number of nitriles is 1. The molecular formula is C13H17N3. The van der Waals surface area contributed by atoms with Gasteiger partial charge in [0, 0.05) is 11.6 Å². The SMILES string of the molecule is Cc1cnc(C#N)nc1C1(C)CCCCC1. The summed E-state index contributed by atoms with van der Waals surface area (Å²) in [7, 11) is 0. The van der Waals surface area contributed by atoms with E-state index >= 15 is 0 Å². The standard InChI is InChI=1S/C13H17N3/c1-10-9-15-11(8-14)16-12(10)13(2)6-4-3-5-7-13/h9H,3-7H2,1-2H3. The molecule has 0 unspecified atom stereocenters. The van der Waals surface area contributed by atoms with Crippen molar-refractivity contribution in [3.63, 3.8) is 0 Å². The Morgan fingerprint density at radius 3 is 2.62 bits per heavy atom. The molecule has 0 amide bonds. The van der Waals surface area contributed by atoms with Gasteiger partial charge in [-0.1, -0.05) is 26.2 Å². The van der Waals surface area contributed by atoms with Crippen LogP contribution in [-0.4, -0.2) is 9.97 Å². The van der Waals surface area contributed by atoms with Crippen molar-refractivity contribution in [1.82, 2.24) is 9.97 Å². The number of rotatable bonds is 1. The zero-order valence-corrected chi connectivity index (χ0v) is 9.95. The van der Waals surface area contributed by atoms with Crippen molar-refractivity contribution in [2.24, 2.45) is 0 Å². The third-order valence-electron chi connectivity index (χ3n) is 3.60. The summed E-state index contributed by atoms with van der Waals surface area (Å²) in [6, 6.07) is 2.03. The summed E-state index contributed by atoms with van der Waals surface area (Å²) in [5, 5.41) is 8.86. The van der Waals surface area contributed by atoms with Crippen molar-refractivity contribution in [2.75, 3.05) is 0 Å². The van der Waals surface area contributed by atoms with Crippen LogP contribution < -0.4 is 0 Å². The van der Waals surface area contributed by atoms with E-state index in [1.54, 1.807) is 6.20 Å². The smallest absolute Gasteiger partial charge is 0.227 e. The Morgan fingerprint density at radius 1 is 1.31 bits per heavy atom. The van der Waals surface area contributed by atoms with Gasteiger partial charge in [0.05, 0.1) is 5.69 Å². The van der Waals surface area contributed by atoms with E-state index < -0.39 is 0 Å². The maximum absolute atomic E-state index is 8.86. The van der Waals surface area contributed by atoms with Crippen LogP contribution in [0.4, 0.5) is 0 Å². The van der Waals surface area contributed by atoms with Crippen LogP contribution in [0.15, 0.2) is 6.20 Å². The first kappa shape index (κ1) is 11.1. The van der Waals surface area contributed by atoms with Gasteiger partial charge in [-0.2, -0.15) is 5.26 Å². The molecule has 1 fully saturated rings. The van der Waals surface area contributed by atoms with Crippen LogP contribution in [0, 0.1) is 18.3 Å². The molecule has 16 heavy (non-hydrogen) atoms. The van der Waals surface area contributed by atoms with Crippen molar-refractivity contribution in [3.05, 3.63) is 23.3 Å². The summed E-state index contributed by atoms with van der Waals surface area (Å²) in [4.78, 5) is 8.43. The van der Waals surface area contributed by atoms with Crippen molar-refractivity contribution < 1.29 is 0 Å². The van der Waals surface area contributed by atoms with E-state index in [9.17, 15) is 0 Å².